The van der Waals surface area contributed by atoms with Crippen molar-refractivity contribution in [2.24, 2.45) is 0 Å². The standard InChI is InChI=1S/C12H12Cl2N2O2S2/c1-8(9-3-5-10(13)6-4-9)16(2)20(17,18)11-7-15-12(14)19-11/h3-8H,1-2H3. The molecule has 8 heteroatoms. The number of halogens is 2. The van der Waals surface area contributed by atoms with Crippen LogP contribution in [0.25, 0.3) is 0 Å². The summed E-state index contributed by atoms with van der Waals surface area (Å²) in [6.45, 7) is 1.81. The van der Waals surface area contributed by atoms with Gasteiger partial charge in [-0.25, -0.2) is 13.4 Å². The van der Waals surface area contributed by atoms with Crippen molar-refractivity contribution in [3.05, 3.63) is 45.5 Å². The van der Waals surface area contributed by atoms with E-state index in [9.17, 15) is 8.42 Å². The van der Waals surface area contributed by atoms with Crippen LogP contribution in [-0.4, -0.2) is 24.8 Å². The van der Waals surface area contributed by atoms with Crippen molar-refractivity contribution in [2.45, 2.75) is 17.2 Å². The topological polar surface area (TPSA) is 50.3 Å². The van der Waals surface area contributed by atoms with E-state index in [2.05, 4.69) is 4.98 Å². The van der Waals surface area contributed by atoms with Crippen molar-refractivity contribution in [3.8, 4) is 0 Å². The summed E-state index contributed by atoms with van der Waals surface area (Å²) in [5, 5.41) is 0.612. The smallest absolute Gasteiger partial charge is 0.232 e. The lowest BCUT2D eigenvalue weighted by Gasteiger charge is -2.23. The van der Waals surface area contributed by atoms with E-state index in [-0.39, 0.29) is 14.7 Å². The maximum absolute atomic E-state index is 12.4. The number of sulfonamides is 1. The van der Waals surface area contributed by atoms with Crippen LogP contribution in [-0.2, 0) is 10.0 Å². The highest BCUT2D eigenvalue weighted by Gasteiger charge is 2.28. The highest BCUT2D eigenvalue weighted by atomic mass is 35.5. The maximum Gasteiger partial charge on any atom is 0.254 e. The number of hydrogen-bond donors (Lipinski definition) is 0. The summed E-state index contributed by atoms with van der Waals surface area (Å²) in [7, 11) is -2.07. The first-order valence-corrected chi connectivity index (χ1v) is 8.68. The first kappa shape index (κ1) is 15.7. The van der Waals surface area contributed by atoms with Crippen molar-refractivity contribution >= 4 is 44.6 Å². The third-order valence-electron chi connectivity index (χ3n) is 2.99. The Kier molecular flexibility index (Phi) is 4.71. The summed E-state index contributed by atoms with van der Waals surface area (Å²) in [5.74, 6) is 0. The van der Waals surface area contributed by atoms with Crippen LogP contribution in [0.2, 0.25) is 9.49 Å². The number of nitrogens with zero attached hydrogens (tertiary/aromatic N) is 2. The number of aromatic nitrogens is 1. The van der Waals surface area contributed by atoms with Crippen LogP contribution >= 0.6 is 34.5 Å². The minimum atomic E-state index is -3.60. The number of thiazole rings is 1. The van der Waals surface area contributed by atoms with Gasteiger partial charge in [-0.05, 0) is 24.6 Å². The molecule has 0 spiro atoms. The van der Waals surface area contributed by atoms with Gasteiger partial charge in [0.1, 0.15) is 0 Å². The van der Waals surface area contributed by atoms with Gasteiger partial charge in [0.05, 0.1) is 6.20 Å². The second-order valence-electron chi connectivity index (χ2n) is 4.18. The Morgan fingerprint density at radius 1 is 1.25 bits per heavy atom. The Bertz CT molecular complexity index is 699. The minimum Gasteiger partial charge on any atom is -0.232 e. The number of hydrogen-bond acceptors (Lipinski definition) is 4. The predicted molar refractivity (Wildman–Crippen MR) is 81.9 cm³/mol. The Morgan fingerprint density at radius 2 is 1.85 bits per heavy atom. The summed E-state index contributed by atoms with van der Waals surface area (Å²) in [4.78, 5) is 3.77. The van der Waals surface area contributed by atoms with Gasteiger partial charge < -0.3 is 0 Å². The van der Waals surface area contributed by atoms with E-state index in [0.717, 1.165) is 16.9 Å². The van der Waals surface area contributed by atoms with E-state index in [0.29, 0.717) is 5.02 Å². The van der Waals surface area contributed by atoms with Crippen LogP contribution in [0.4, 0.5) is 0 Å². The maximum atomic E-state index is 12.4. The summed E-state index contributed by atoms with van der Waals surface area (Å²) >= 11 is 12.5. The molecule has 1 unspecified atom stereocenters. The Morgan fingerprint density at radius 3 is 2.35 bits per heavy atom. The molecule has 20 heavy (non-hydrogen) atoms. The van der Waals surface area contributed by atoms with Crippen LogP contribution in [0.15, 0.2) is 34.7 Å². The van der Waals surface area contributed by atoms with Crippen molar-refractivity contribution in [2.75, 3.05) is 7.05 Å². The van der Waals surface area contributed by atoms with Crippen LogP contribution in [0.5, 0.6) is 0 Å². The highest BCUT2D eigenvalue weighted by molar-refractivity contribution is 7.91. The molecule has 4 nitrogen and oxygen atoms in total. The van der Waals surface area contributed by atoms with Crippen molar-refractivity contribution in [3.63, 3.8) is 0 Å². The van der Waals surface area contributed by atoms with Crippen LogP contribution in [0, 0.1) is 0 Å². The van der Waals surface area contributed by atoms with Gasteiger partial charge in [-0.15, -0.1) is 0 Å². The van der Waals surface area contributed by atoms with Crippen LogP contribution in [0.1, 0.15) is 18.5 Å². The van der Waals surface area contributed by atoms with Crippen molar-refractivity contribution in [1.82, 2.24) is 9.29 Å². The van der Waals surface area contributed by atoms with Crippen molar-refractivity contribution < 1.29 is 8.42 Å². The second kappa shape index (κ2) is 5.99. The molecule has 0 bridgehead atoms. The summed E-state index contributed by atoms with van der Waals surface area (Å²) in [5.41, 5.74) is 0.857. The molecule has 0 fully saturated rings. The molecule has 0 aliphatic carbocycles. The van der Waals surface area contributed by atoms with Gasteiger partial charge in [0.2, 0.25) is 0 Å². The molecule has 2 rings (SSSR count). The van der Waals surface area contributed by atoms with Gasteiger partial charge in [-0.1, -0.05) is 46.7 Å². The van der Waals surface area contributed by atoms with E-state index < -0.39 is 10.0 Å². The number of rotatable bonds is 4. The quantitative estimate of drug-likeness (QED) is 0.841. The normalized spacial score (nSPS) is 13.7. The highest BCUT2D eigenvalue weighted by Crippen LogP contribution is 2.30. The number of benzene rings is 1. The van der Waals surface area contributed by atoms with Crippen molar-refractivity contribution in [1.29, 1.82) is 0 Å². The van der Waals surface area contributed by atoms with Gasteiger partial charge >= 0.3 is 0 Å². The van der Waals surface area contributed by atoms with Gasteiger partial charge in [0.25, 0.3) is 10.0 Å². The van der Waals surface area contributed by atoms with Crippen LogP contribution < -0.4 is 0 Å². The predicted octanol–water partition coefficient (Wildman–Crippen LogP) is 3.83. The largest absolute Gasteiger partial charge is 0.254 e. The molecule has 1 atom stereocenters. The second-order valence-corrected chi connectivity index (χ2v) is 8.45. The Labute approximate surface area is 132 Å². The first-order valence-electron chi connectivity index (χ1n) is 5.67. The zero-order valence-corrected chi connectivity index (χ0v) is 13.9. The fourth-order valence-electron chi connectivity index (χ4n) is 1.66. The first-order chi connectivity index (χ1) is 9.32. The molecule has 1 heterocycles. The molecular formula is C12H12Cl2N2O2S2. The van der Waals surface area contributed by atoms with E-state index >= 15 is 0 Å². The Balaban J connectivity index is 2.30. The average Bonchev–Trinajstić information content (AvgIpc) is 2.85. The molecule has 0 N–H and O–H groups in total. The van der Waals surface area contributed by atoms with Gasteiger partial charge in [-0.2, -0.15) is 4.31 Å². The van der Waals surface area contributed by atoms with E-state index in [1.807, 2.05) is 6.92 Å². The SMILES string of the molecule is CC(c1ccc(Cl)cc1)N(C)S(=O)(=O)c1cnc(Cl)s1. The molecule has 2 aromatic rings. The fourth-order valence-corrected chi connectivity index (χ4v) is 4.62. The van der Waals surface area contributed by atoms with Gasteiger partial charge in [-0.3, -0.25) is 0 Å². The lowest BCUT2D eigenvalue weighted by molar-refractivity contribution is 0.399. The molecular weight excluding hydrogens is 339 g/mol. The third-order valence-corrected chi connectivity index (χ3v) is 6.72. The molecule has 0 saturated carbocycles. The summed E-state index contributed by atoms with van der Waals surface area (Å²) < 4.78 is 26.5. The average molecular weight is 351 g/mol. The van der Waals surface area contributed by atoms with E-state index in [1.54, 1.807) is 24.3 Å². The molecule has 1 aromatic carbocycles. The summed E-state index contributed by atoms with van der Waals surface area (Å²) in [6.07, 6.45) is 1.27. The molecule has 0 aliphatic heterocycles. The lowest BCUT2D eigenvalue weighted by atomic mass is 10.1. The molecule has 0 radical (unpaired) electrons. The monoisotopic (exact) mass is 350 g/mol. The fraction of sp³-hybridized carbons (Fsp3) is 0.250. The minimum absolute atomic E-state index is 0.130. The molecule has 0 aliphatic rings. The van der Waals surface area contributed by atoms with Crippen LogP contribution in [0.3, 0.4) is 0 Å². The zero-order valence-electron chi connectivity index (χ0n) is 10.7. The van der Waals surface area contributed by atoms with Gasteiger partial charge in [0, 0.05) is 18.1 Å². The van der Waals surface area contributed by atoms with E-state index in [4.69, 9.17) is 23.2 Å². The molecule has 108 valence electrons. The molecule has 0 saturated heterocycles. The zero-order chi connectivity index (χ0) is 14.9. The molecule has 0 amide bonds. The Hall–Kier alpha value is -0.660. The summed E-state index contributed by atoms with van der Waals surface area (Å²) in [6, 6.07) is 6.75. The van der Waals surface area contributed by atoms with E-state index in [1.165, 1.54) is 17.5 Å². The van der Waals surface area contributed by atoms with Gasteiger partial charge in [0.15, 0.2) is 8.68 Å². The molecule has 1 aromatic heterocycles. The lowest BCUT2D eigenvalue weighted by Crippen LogP contribution is -2.29. The third kappa shape index (κ3) is 3.15.